The maximum atomic E-state index is 10.1. The predicted octanol–water partition coefficient (Wildman–Crippen LogP) is -0.161. The average molecular weight is 262 g/mol. The zero-order valence-corrected chi connectivity index (χ0v) is 10.1. The Bertz CT molecular complexity index is 547. The molecule has 0 amide bonds. The van der Waals surface area contributed by atoms with Crippen LogP contribution in [-0.4, -0.2) is 47.4 Å². The molecule has 3 aliphatic heterocycles. The number of rotatable bonds is 1. The summed E-state index contributed by atoms with van der Waals surface area (Å²) in [6.07, 6.45) is -2.37. The smallest absolute Gasteiger partial charge is 0.295 e. The van der Waals surface area contributed by atoms with Crippen molar-refractivity contribution < 1.29 is 19.7 Å². The van der Waals surface area contributed by atoms with E-state index in [1.54, 1.807) is 0 Å². The topological polar surface area (TPSA) is 74.5 Å². The Kier molecular flexibility index (Phi) is 2.32. The highest BCUT2D eigenvalue weighted by Gasteiger charge is 2.55. The van der Waals surface area contributed by atoms with Crippen LogP contribution in [0.3, 0.4) is 0 Å². The fourth-order valence-corrected chi connectivity index (χ4v) is 2.88. The van der Waals surface area contributed by atoms with E-state index < -0.39 is 24.5 Å². The number of aliphatic imine (C=N–C) groups is 1. The second-order valence-electron chi connectivity index (χ2n) is 4.92. The second kappa shape index (κ2) is 3.93. The van der Waals surface area contributed by atoms with Gasteiger partial charge in [0.05, 0.1) is 18.8 Å². The summed E-state index contributed by atoms with van der Waals surface area (Å²) < 4.78 is 11.4. The van der Waals surface area contributed by atoms with Gasteiger partial charge < -0.3 is 19.7 Å². The van der Waals surface area contributed by atoms with Gasteiger partial charge in [0.25, 0.3) is 6.02 Å². The summed E-state index contributed by atoms with van der Waals surface area (Å²) in [4.78, 5) is 6.23. The number of para-hydroxylation sites is 1. The second-order valence-corrected chi connectivity index (χ2v) is 4.92. The van der Waals surface area contributed by atoms with E-state index in [0.717, 1.165) is 11.3 Å². The number of aliphatic hydroxyl groups excluding tert-OH is 2. The van der Waals surface area contributed by atoms with Crippen LogP contribution in [0.5, 0.6) is 0 Å². The minimum atomic E-state index is -0.838. The van der Waals surface area contributed by atoms with Gasteiger partial charge in [0.1, 0.15) is 12.2 Å². The Labute approximate surface area is 109 Å². The van der Waals surface area contributed by atoms with Gasteiger partial charge in [-0.2, -0.15) is 0 Å². The highest BCUT2D eigenvalue weighted by atomic mass is 16.6. The van der Waals surface area contributed by atoms with Gasteiger partial charge in [0.15, 0.2) is 12.3 Å². The van der Waals surface area contributed by atoms with E-state index in [0.29, 0.717) is 12.6 Å². The van der Waals surface area contributed by atoms with Gasteiger partial charge in [-0.15, -0.1) is 0 Å². The molecule has 1 aromatic carbocycles. The number of benzene rings is 1. The standard InChI is InChI=1S/C13H14N2O4/c16-6-9-10(17)11-12(18-9)15-8-4-2-1-3-7(8)5-14-13(15)19-11/h1-4,9-12,16-17H,5-6H2/t9-,10-,11+,12-/m1/s1. The number of aliphatic hydroxyl groups is 2. The van der Waals surface area contributed by atoms with Gasteiger partial charge in [-0.25, -0.2) is 4.99 Å². The molecule has 4 atom stereocenters. The van der Waals surface area contributed by atoms with Gasteiger partial charge in [0, 0.05) is 0 Å². The lowest BCUT2D eigenvalue weighted by Gasteiger charge is -2.27. The molecule has 2 saturated heterocycles. The van der Waals surface area contributed by atoms with E-state index in [-0.39, 0.29) is 6.61 Å². The molecule has 1 aromatic rings. The van der Waals surface area contributed by atoms with Crippen molar-refractivity contribution in [2.75, 3.05) is 11.5 Å². The molecular formula is C13H14N2O4. The van der Waals surface area contributed by atoms with Crippen LogP contribution >= 0.6 is 0 Å². The number of ether oxygens (including phenoxy) is 2. The van der Waals surface area contributed by atoms with Crippen molar-refractivity contribution in [1.82, 2.24) is 0 Å². The van der Waals surface area contributed by atoms with Crippen molar-refractivity contribution in [2.45, 2.75) is 31.1 Å². The first-order valence-electron chi connectivity index (χ1n) is 6.32. The van der Waals surface area contributed by atoms with Crippen LogP contribution in [0.15, 0.2) is 29.3 Å². The molecule has 0 unspecified atom stereocenters. The molecule has 0 bridgehead atoms. The molecule has 6 nitrogen and oxygen atoms in total. The highest BCUT2D eigenvalue weighted by molar-refractivity contribution is 5.96. The highest BCUT2D eigenvalue weighted by Crippen LogP contribution is 2.39. The predicted molar refractivity (Wildman–Crippen MR) is 66.7 cm³/mol. The molecule has 0 radical (unpaired) electrons. The molecule has 4 rings (SSSR count). The first kappa shape index (κ1) is 11.2. The molecule has 100 valence electrons. The van der Waals surface area contributed by atoms with Crippen LogP contribution in [-0.2, 0) is 16.0 Å². The van der Waals surface area contributed by atoms with E-state index in [2.05, 4.69) is 4.99 Å². The minimum absolute atomic E-state index is 0.223. The van der Waals surface area contributed by atoms with Gasteiger partial charge in [-0.05, 0) is 11.6 Å². The van der Waals surface area contributed by atoms with Crippen molar-refractivity contribution in [1.29, 1.82) is 0 Å². The monoisotopic (exact) mass is 262 g/mol. The fourth-order valence-electron chi connectivity index (χ4n) is 2.88. The molecule has 6 heteroatoms. The Morgan fingerprint density at radius 2 is 2.21 bits per heavy atom. The molecule has 19 heavy (non-hydrogen) atoms. The van der Waals surface area contributed by atoms with Crippen molar-refractivity contribution in [2.24, 2.45) is 4.99 Å². The summed E-state index contributed by atoms with van der Waals surface area (Å²) in [5.41, 5.74) is 2.09. The number of hydrogen-bond acceptors (Lipinski definition) is 6. The van der Waals surface area contributed by atoms with Gasteiger partial charge in [-0.3, -0.25) is 4.90 Å². The van der Waals surface area contributed by atoms with Crippen LogP contribution in [0.1, 0.15) is 5.56 Å². The molecule has 2 fully saturated rings. The van der Waals surface area contributed by atoms with Crippen molar-refractivity contribution in [3.8, 4) is 0 Å². The summed E-state index contributed by atoms with van der Waals surface area (Å²) in [5.74, 6) is 0. The summed E-state index contributed by atoms with van der Waals surface area (Å²) >= 11 is 0. The first-order chi connectivity index (χ1) is 9.29. The summed E-state index contributed by atoms with van der Waals surface area (Å²) in [7, 11) is 0. The number of nitrogens with zero attached hydrogens (tertiary/aromatic N) is 2. The normalized spacial score (nSPS) is 35.3. The number of hydrogen-bond donors (Lipinski definition) is 2. The van der Waals surface area contributed by atoms with Gasteiger partial charge in [0.2, 0.25) is 0 Å². The van der Waals surface area contributed by atoms with Gasteiger partial charge >= 0.3 is 0 Å². The van der Waals surface area contributed by atoms with Crippen LogP contribution in [0.2, 0.25) is 0 Å². The fraction of sp³-hybridized carbons (Fsp3) is 0.462. The quantitative estimate of drug-likeness (QED) is 0.735. The molecule has 0 saturated carbocycles. The number of amidine groups is 1. The zero-order chi connectivity index (χ0) is 13.0. The molecule has 2 N–H and O–H groups in total. The van der Waals surface area contributed by atoms with Crippen LogP contribution in [0.25, 0.3) is 0 Å². The van der Waals surface area contributed by atoms with E-state index in [4.69, 9.17) is 9.47 Å². The Hall–Kier alpha value is -1.63. The summed E-state index contributed by atoms with van der Waals surface area (Å²) in [6, 6.07) is 8.40. The van der Waals surface area contributed by atoms with Gasteiger partial charge in [-0.1, -0.05) is 18.2 Å². The van der Waals surface area contributed by atoms with Crippen molar-refractivity contribution >= 4 is 11.7 Å². The summed E-state index contributed by atoms with van der Waals surface area (Å²) in [5, 5.41) is 19.3. The largest absolute Gasteiger partial charge is 0.454 e. The van der Waals surface area contributed by atoms with Crippen LogP contribution in [0.4, 0.5) is 5.69 Å². The van der Waals surface area contributed by atoms with Crippen LogP contribution < -0.4 is 4.90 Å². The SMILES string of the molecule is OC[C@H]1O[C@@H]2[C@@H](OC3=NCc4ccccc4N32)[C@@H]1O. The number of anilines is 1. The third-order valence-electron chi connectivity index (χ3n) is 3.83. The lowest BCUT2D eigenvalue weighted by molar-refractivity contribution is -0.0215. The average Bonchev–Trinajstić information content (AvgIpc) is 2.96. The first-order valence-corrected chi connectivity index (χ1v) is 6.32. The molecule has 3 aliphatic rings. The summed E-state index contributed by atoms with van der Waals surface area (Å²) in [6.45, 7) is 0.348. The van der Waals surface area contributed by atoms with Crippen LogP contribution in [0, 0.1) is 0 Å². The minimum Gasteiger partial charge on any atom is -0.454 e. The van der Waals surface area contributed by atoms with E-state index >= 15 is 0 Å². The molecule has 0 aliphatic carbocycles. The molecule has 0 spiro atoms. The third-order valence-corrected chi connectivity index (χ3v) is 3.83. The lowest BCUT2D eigenvalue weighted by Crippen LogP contribution is -2.39. The van der Waals surface area contributed by atoms with E-state index in [1.807, 2.05) is 29.2 Å². The lowest BCUT2D eigenvalue weighted by atomic mass is 10.1. The van der Waals surface area contributed by atoms with Crippen molar-refractivity contribution in [3.05, 3.63) is 29.8 Å². The maximum Gasteiger partial charge on any atom is 0.295 e. The Morgan fingerprint density at radius 3 is 3.05 bits per heavy atom. The maximum absolute atomic E-state index is 10.1. The van der Waals surface area contributed by atoms with E-state index in [9.17, 15) is 10.2 Å². The Morgan fingerprint density at radius 1 is 1.37 bits per heavy atom. The Balaban J connectivity index is 1.74. The van der Waals surface area contributed by atoms with E-state index in [1.165, 1.54) is 0 Å². The molecular weight excluding hydrogens is 248 g/mol. The number of fused-ring (bicyclic) bond motifs is 5. The molecule has 3 heterocycles. The van der Waals surface area contributed by atoms with Crippen molar-refractivity contribution in [3.63, 3.8) is 0 Å². The third kappa shape index (κ3) is 1.44. The zero-order valence-electron chi connectivity index (χ0n) is 10.1. The molecule has 0 aromatic heterocycles.